The maximum atomic E-state index is 12.0. The summed E-state index contributed by atoms with van der Waals surface area (Å²) in [4.78, 5) is 27.8. The summed E-state index contributed by atoms with van der Waals surface area (Å²) in [5.74, 6) is 0.651. The van der Waals surface area contributed by atoms with Crippen molar-refractivity contribution in [2.24, 2.45) is 11.7 Å². The zero-order valence-corrected chi connectivity index (χ0v) is 17.6. The molecule has 9 heteroatoms. The summed E-state index contributed by atoms with van der Waals surface area (Å²) in [5, 5.41) is 5.27. The number of rotatable bonds is 7. The van der Waals surface area contributed by atoms with Crippen molar-refractivity contribution in [1.29, 1.82) is 0 Å². The number of nitrogens with zero attached hydrogens (tertiary/aromatic N) is 1. The van der Waals surface area contributed by atoms with Crippen molar-refractivity contribution in [2.75, 3.05) is 11.9 Å². The van der Waals surface area contributed by atoms with Gasteiger partial charge in [0.15, 0.2) is 0 Å². The van der Waals surface area contributed by atoms with E-state index in [9.17, 15) is 9.59 Å². The minimum Gasteiger partial charge on any atom is -0.455 e. The lowest BCUT2D eigenvalue weighted by Gasteiger charge is -2.15. The Morgan fingerprint density at radius 1 is 1.21 bits per heavy atom. The van der Waals surface area contributed by atoms with Gasteiger partial charge in [-0.25, -0.2) is 0 Å². The van der Waals surface area contributed by atoms with Gasteiger partial charge < -0.3 is 21.1 Å². The van der Waals surface area contributed by atoms with Gasteiger partial charge in [-0.1, -0.05) is 13.8 Å². The molecule has 2 amide bonds. The van der Waals surface area contributed by atoms with Crippen LogP contribution in [0.2, 0.25) is 0 Å². The number of pyridine rings is 1. The highest BCUT2D eigenvalue weighted by molar-refractivity contribution is 5.95. The zero-order valence-electron chi connectivity index (χ0n) is 16.0. The van der Waals surface area contributed by atoms with Gasteiger partial charge in [-0.15, -0.1) is 24.8 Å². The smallest absolute Gasteiger partial charge is 0.243 e. The second kappa shape index (κ2) is 12.2. The molecule has 0 aliphatic heterocycles. The fraction of sp³-hybridized carbons (Fsp3) is 0.316. The van der Waals surface area contributed by atoms with E-state index in [4.69, 9.17) is 10.5 Å². The molecule has 28 heavy (non-hydrogen) atoms. The van der Waals surface area contributed by atoms with Crippen LogP contribution in [0.1, 0.15) is 19.4 Å². The Labute approximate surface area is 177 Å². The average molecular weight is 429 g/mol. The lowest BCUT2D eigenvalue weighted by molar-refractivity contribution is -0.125. The predicted octanol–water partition coefficient (Wildman–Crippen LogP) is 3.06. The molecule has 0 fully saturated rings. The topological polar surface area (TPSA) is 106 Å². The Bertz CT molecular complexity index is 773. The van der Waals surface area contributed by atoms with Crippen molar-refractivity contribution < 1.29 is 14.3 Å². The average Bonchev–Trinajstić information content (AvgIpc) is 2.62. The monoisotopic (exact) mass is 428 g/mol. The van der Waals surface area contributed by atoms with E-state index >= 15 is 0 Å². The molecule has 0 unspecified atom stereocenters. The Balaban J connectivity index is 0.00000364. The van der Waals surface area contributed by atoms with E-state index in [0.717, 1.165) is 5.56 Å². The van der Waals surface area contributed by atoms with Gasteiger partial charge in [0, 0.05) is 11.9 Å². The summed E-state index contributed by atoms with van der Waals surface area (Å²) < 4.78 is 5.75. The number of carbonyl (C=O) groups is 2. The van der Waals surface area contributed by atoms with Gasteiger partial charge in [-0.05, 0) is 48.7 Å². The normalized spacial score (nSPS) is 10.9. The molecule has 0 aliphatic carbocycles. The molecular weight excluding hydrogens is 403 g/mol. The highest BCUT2D eigenvalue weighted by Gasteiger charge is 2.17. The summed E-state index contributed by atoms with van der Waals surface area (Å²) in [7, 11) is 0. The summed E-state index contributed by atoms with van der Waals surface area (Å²) in [5.41, 5.74) is 7.21. The van der Waals surface area contributed by atoms with Gasteiger partial charge in [0.1, 0.15) is 11.5 Å². The molecule has 0 aliphatic rings. The Morgan fingerprint density at radius 2 is 1.93 bits per heavy atom. The van der Waals surface area contributed by atoms with Crippen LogP contribution in [0.25, 0.3) is 0 Å². The van der Waals surface area contributed by atoms with E-state index in [2.05, 4.69) is 15.6 Å². The molecule has 4 N–H and O–H groups in total. The van der Waals surface area contributed by atoms with Gasteiger partial charge in [-0.2, -0.15) is 0 Å². The molecule has 0 saturated heterocycles. The van der Waals surface area contributed by atoms with Crippen LogP contribution in [0.4, 0.5) is 5.69 Å². The molecule has 0 radical (unpaired) electrons. The first-order valence-corrected chi connectivity index (χ1v) is 8.38. The number of hydrogen-bond donors (Lipinski definition) is 3. The van der Waals surface area contributed by atoms with Crippen LogP contribution in [0.5, 0.6) is 11.5 Å². The number of nitrogens with two attached hydrogens (primary N) is 1. The molecule has 2 rings (SSSR count). The minimum atomic E-state index is -0.631. The maximum absolute atomic E-state index is 12.0. The molecule has 1 atom stereocenters. The Kier molecular flexibility index (Phi) is 11.2. The zero-order chi connectivity index (χ0) is 19.1. The van der Waals surface area contributed by atoms with Crippen LogP contribution in [-0.4, -0.2) is 29.4 Å². The minimum absolute atomic E-state index is 0. The second-order valence-electron chi connectivity index (χ2n) is 6.31. The van der Waals surface area contributed by atoms with E-state index in [0.29, 0.717) is 17.2 Å². The summed E-state index contributed by atoms with van der Waals surface area (Å²) in [6.45, 7) is 5.45. The number of halogens is 2. The SMILES string of the molecule is Cc1cc(NC(=O)CNC(=O)[C@@H](N)C(C)C)ccc1Oc1cccnc1.Cl.Cl. The fourth-order valence-corrected chi connectivity index (χ4v) is 2.17. The third-order valence-corrected chi connectivity index (χ3v) is 3.77. The van der Waals surface area contributed by atoms with Crippen molar-refractivity contribution >= 4 is 42.3 Å². The number of nitrogens with one attached hydrogen (secondary N) is 2. The molecule has 154 valence electrons. The number of carbonyl (C=O) groups excluding carboxylic acids is 2. The van der Waals surface area contributed by atoms with Crippen LogP contribution >= 0.6 is 24.8 Å². The summed E-state index contributed by atoms with van der Waals surface area (Å²) in [6, 6.07) is 8.27. The molecule has 1 aromatic heterocycles. The molecule has 2 aromatic rings. The third-order valence-electron chi connectivity index (χ3n) is 3.77. The lowest BCUT2D eigenvalue weighted by Crippen LogP contribution is -2.46. The van der Waals surface area contributed by atoms with E-state index < -0.39 is 6.04 Å². The van der Waals surface area contributed by atoms with Gasteiger partial charge in [0.2, 0.25) is 11.8 Å². The largest absolute Gasteiger partial charge is 0.455 e. The maximum Gasteiger partial charge on any atom is 0.243 e. The number of anilines is 1. The highest BCUT2D eigenvalue weighted by atomic mass is 35.5. The van der Waals surface area contributed by atoms with Crippen LogP contribution in [0.15, 0.2) is 42.7 Å². The molecule has 7 nitrogen and oxygen atoms in total. The number of amides is 2. The first-order chi connectivity index (χ1) is 12.4. The van der Waals surface area contributed by atoms with Crippen LogP contribution < -0.4 is 21.1 Å². The first kappa shape index (κ1) is 25.6. The van der Waals surface area contributed by atoms with E-state index in [1.54, 1.807) is 36.7 Å². The summed E-state index contributed by atoms with van der Waals surface area (Å²) in [6.07, 6.45) is 3.30. The molecule has 1 aromatic carbocycles. The van der Waals surface area contributed by atoms with Crippen molar-refractivity contribution in [3.63, 3.8) is 0 Å². The Hall–Kier alpha value is -2.35. The Morgan fingerprint density at radius 3 is 2.50 bits per heavy atom. The van der Waals surface area contributed by atoms with Crippen molar-refractivity contribution in [3.8, 4) is 11.5 Å². The second-order valence-corrected chi connectivity index (χ2v) is 6.31. The van der Waals surface area contributed by atoms with Crippen molar-refractivity contribution in [2.45, 2.75) is 26.8 Å². The van der Waals surface area contributed by atoms with Gasteiger partial charge >= 0.3 is 0 Å². The number of aryl methyl sites for hydroxylation is 1. The molecular formula is C19H26Cl2N4O3. The lowest BCUT2D eigenvalue weighted by atomic mass is 10.1. The molecule has 1 heterocycles. The third kappa shape index (κ3) is 7.72. The summed E-state index contributed by atoms with van der Waals surface area (Å²) >= 11 is 0. The van der Waals surface area contributed by atoms with Gasteiger partial charge in [0.25, 0.3) is 0 Å². The van der Waals surface area contributed by atoms with Crippen LogP contribution in [-0.2, 0) is 9.59 Å². The van der Waals surface area contributed by atoms with Crippen molar-refractivity contribution in [1.82, 2.24) is 10.3 Å². The molecule has 0 bridgehead atoms. The van der Waals surface area contributed by atoms with E-state index in [-0.39, 0.29) is 49.1 Å². The number of benzene rings is 1. The van der Waals surface area contributed by atoms with Gasteiger partial charge in [-0.3, -0.25) is 14.6 Å². The standard InChI is InChI=1S/C19H24N4O3.2ClH/c1-12(2)18(20)19(25)22-11-17(24)23-14-6-7-16(13(3)9-14)26-15-5-4-8-21-10-15;;/h4-10,12,18H,11,20H2,1-3H3,(H,22,25)(H,23,24);2*1H/t18-;;/m0../s1. The predicted molar refractivity (Wildman–Crippen MR) is 114 cm³/mol. The van der Waals surface area contributed by atoms with Crippen molar-refractivity contribution in [3.05, 3.63) is 48.3 Å². The fourth-order valence-electron chi connectivity index (χ4n) is 2.17. The van der Waals surface area contributed by atoms with Crippen LogP contribution in [0.3, 0.4) is 0 Å². The van der Waals surface area contributed by atoms with E-state index in [1.807, 2.05) is 26.8 Å². The van der Waals surface area contributed by atoms with Crippen LogP contribution in [0, 0.1) is 12.8 Å². The number of hydrogen-bond acceptors (Lipinski definition) is 5. The molecule has 0 spiro atoms. The highest BCUT2D eigenvalue weighted by Crippen LogP contribution is 2.26. The first-order valence-electron chi connectivity index (χ1n) is 8.38. The van der Waals surface area contributed by atoms with E-state index in [1.165, 1.54) is 0 Å². The quantitative estimate of drug-likeness (QED) is 0.627. The number of ether oxygens (including phenoxy) is 1. The molecule has 0 saturated carbocycles. The van der Waals surface area contributed by atoms with Gasteiger partial charge in [0.05, 0.1) is 18.8 Å². The number of aromatic nitrogens is 1.